The summed E-state index contributed by atoms with van der Waals surface area (Å²) in [5.74, 6) is 0. The maximum Gasteiger partial charge on any atom is 0.108 e. The molecule has 2 rings (SSSR count). The van der Waals surface area contributed by atoms with E-state index >= 15 is 0 Å². The van der Waals surface area contributed by atoms with Crippen molar-refractivity contribution in [2.75, 3.05) is 0 Å². The molecule has 0 N–H and O–H groups in total. The van der Waals surface area contributed by atoms with Crippen molar-refractivity contribution in [3.63, 3.8) is 0 Å². The third-order valence-corrected chi connectivity index (χ3v) is 2.35. The van der Waals surface area contributed by atoms with Crippen LogP contribution in [0.3, 0.4) is 0 Å². The molecule has 0 amide bonds. The number of nitrogens with zero attached hydrogens (tertiary/aromatic N) is 2. The van der Waals surface area contributed by atoms with E-state index in [-0.39, 0.29) is 0 Å². The molecule has 3 nitrogen and oxygen atoms in total. The SMILES string of the molecule is Cc1cc(C)nc(-c2cccc(N=O)c2)c1. The zero-order valence-corrected chi connectivity index (χ0v) is 9.27. The maximum absolute atomic E-state index is 10.5. The van der Waals surface area contributed by atoms with Crippen molar-refractivity contribution < 1.29 is 0 Å². The van der Waals surface area contributed by atoms with E-state index in [4.69, 9.17) is 0 Å². The number of hydrogen-bond donors (Lipinski definition) is 0. The highest BCUT2D eigenvalue weighted by Gasteiger charge is 2.02. The molecule has 0 unspecified atom stereocenters. The average molecular weight is 212 g/mol. The molecule has 0 bridgehead atoms. The first-order valence-electron chi connectivity index (χ1n) is 5.08. The summed E-state index contributed by atoms with van der Waals surface area (Å²) in [4.78, 5) is 14.9. The Balaban J connectivity index is 2.53. The summed E-state index contributed by atoms with van der Waals surface area (Å²) in [6, 6.07) is 11.2. The lowest BCUT2D eigenvalue weighted by Gasteiger charge is -2.04. The lowest BCUT2D eigenvalue weighted by molar-refractivity contribution is 1.18. The van der Waals surface area contributed by atoms with Crippen molar-refractivity contribution in [2.45, 2.75) is 13.8 Å². The monoisotopic (exact) mass is 212 g/mol. The van der Waals surface area contributed by atoms with Crippen molar-refractivity contribution >= 4 is 5.69 Å². The second-order valence-electron chi connectivity index (χ2n) is 3.81. The second kappa shape index (κ2) is 4.23. The van der Waals surface area contributed by atoms with Crippen LogP contribution in [-0.4, -0.2) is 4.98 Å². The minimum absolute atomic E-state index is 0.429. The molecule has 80 valence electrons. The van der Waals surface area contributed by atoms with E-state index in [1.807, 2.05) is 38.1 Å². The van der Waals surface area contributed by atoms with Gasteiger partial charge in [-0.1, -0.05) is 12.1 Å². The van der Waals surface area contributed by atoms with Crippen LogP contribution >= 0.6 is 0 Å². The van der Waals surface area contributed by atoms with Gasteiger partial charge in [0.1, 0.15) is 5.69 Å². The van der Waals surface area contributed by atoms with Gasteiger partial charge >= 0.3 is 0 Å². The second-order valence-corrected chi connectivity index (χ2v) is 3.81. The van der Waals surface area contributed by atoms with Crippen LogP contribution in [0.15, 0.2) is 41.6 Å². The smallest absolute Gasteiger partial charge is 0.108 e. The number of aryl methyl sites for hydroxylation is 2. The molecule has 0 spiro atoms. The summed E-state index contributed by atoms with van der Waals surface area (Å²) in [6.07, 6.45) is 0. The quantitative estimate of drug-likeness (QED) is 0.711. The lowest BCUT2D eigenvalue weighted by atomic mass is 10.1. The van der Waals surface area contributed by atoms with Gasteiger partial charge in [0, 0.05) is 11.3 Å². The van der Waals surface area contributed by atoms with Crippen molar-refractivity contribution in [3.05, 3.63) is 52.6 Å². The molecule has 0 aliphatic heterocycles. The van der Waals surface area contributed by atoms with E-state index in [1.54, 1.807) is 12.1 Å². The Morgan fingerprint density at radius 3 is 2.62 bits per heavy atom. The topological polar surface area (TPSA) is 42.3 Å². The molecule has 1 heterocycles. The molecule has 0 radical (unpaired) electrons. The molecule has 0 fully saturated rings. The highest BCUT2D eigenvalue weighted by Crippen LogP contribution is 2.23. The molecule has 1 aromatic carbocycles. The van der Waals surface area contributed by atoms with Gasteiger partial charge in [0.05, 0.1) is 5.69 Å². The van der Waals surface area contributed by atoms with E-state index in [9.17, 15) is 4.91 Å². The van der Waals surface area contributed by atoms with Gasteiger partial charge in [-0.2, -0.15) is 0 Å². The third-order valence-electron chi connectivity index (χ3n) is 2.35. The molecular weight excluding hydrogens is 200 g/mol. The highest BCUT2D eigenvalue weighted by atomic mass is 16.3. The van der Waals surface area contributed by atoms with Crippen molar-refractivity contribution in [1.82, 2.24) is 4.98 Å². The first-order chi connectivity index (χ1) is 7.69. The molecule has 0 aliphatic rings. The van der Waals surface area contributed by atoms with Crippen molar-refractivity contribution in [3.8, 4) is 11.3 Å². The van der Waals surface area contributed by atoms with E-state index < -0.39 is 0 Å². The number of rotatable bonds is 2. The molecule has 0 atom stereocenters. The van der Waals surface area contributed by atoms with Crippen LogP contribution in [-0.2, 0) is 0 Å². The summed E-state index contributed by atoms with van der Waals surface area (Å²) in [5.41, 5.74) is 4.36. The summed E-state index contributed by atoms with van der Waals surface area (Å²) in [7, 11) is 0. The zero-order chi connectivity index (χ0) is 11.5. The average Bonchev–Trinajstić information content (AvgIpc) is 2.28. The lowest BCUT2D eigenvalue weighted by Crippen LogP contribution is -1.88. The Bertz CT molecular complexity index is 515. The molecule has 2 aromatic rings. The van der Waals surface area contributed by atoms with Gasteiger partial charge in [-0.25, -0.2) is 0 Å². The Morgan fingerprint density at radius 1 is 1.12 bits per heavy atom. The summed E-state index contributed by atoms with van der Waals surface area (Å²) in [6.45, 7) is 3.98. The first kappa shape index (κ1) is 10.5. The zero-order valence-electron chi connectivity index (χ0n) is 9.27. The molecule has 3 heteroatoms. The minimum Gasteiger partial charge on any atom is -0.253 e. The standard InChI is InChI=1S/C13H12N2O/c1-9-6-10(2)14-13(7-9)11-4-3-5-12(8-11)15-16/h3-8H,1-2H3. The molecule has 16 heavy (non-hydrogen) atoms. The Hall–Kier alpha value is -2.03. The fourth-order valence-corrected chi connectivity index (χ4v) is 1.71. The van der Waals surface area contributed by atoms with Gasteiger partial charge in [-0.15, -0.1) is 4.91 Å². The molecular formula is C13H12N2O. The third kappa shape index (κ3) is 2.14. The molecule has 0 aliphatic carbocycles. The van der Waals surface area contributed by atoms with Crippen molar-refractivity contribution in [1.29, 1.82) is 0 Å². The van der Waals surface area contributed by atoms with Gasteiger partial charge in [-0.3, -0.25) is 4.98 Å². The fraction of sp³-hybridized carbons (Fsp3) is 0.154. The van der Waals surface area contributed by atoms with E-state index in [1.165, 1.54) is 0 Å². The molecule has 0 saturated heterocycles. The number of aromatic nitrogens is 1. The van der Waals surface area contributed by atoms with Crippen LogP contribution in [0.2, 0.25) is 0 Å². The summed E-state index contributed by atoms with van der Waals surface area (Å²) < 4.78 is 0. The number of nitroso groups, excluding NO2 is 1. The Labute approximate surface area is 94.1 Å². The fourth-order valence-electron chi connectivity index (χ4n) is 1.71. The normalized spacial score (nSPS) is 10.1. The number of pyridine rings is 1. The highest BCUT2D eigenvalue weighted by molar-refractivity contribution is 5.64. The number of hydrogen-bond acceptors (Lipinski definition) is 3. The van der Waals surface area contributed by atoms with Gasteiger partial charge in [0.15, 0.2) is 0 Å². The first-order valence-corrected chi connectivity index (χ1v) is 5.08. The largest absolute Gasteiger partial charge is 0.253 e. The van der Waals surface area contributed by atoms with Crippen LogP contribution < -0.4 is 0 Å². The Morgan fingerprint density at radius 2 is 1.94 bits per heavy atom. The number of benzene rings is 1. The van der Waals surface area contributed by atoms with Crippen LogP contribution in [0.1, 0.15) is 11.3 Å². The van der Waals surface area contributed by atoms with Crippen molar-refractivity contribution in [2.24, 2.45) is 5.18 Å². The van der Waals surface area contributed by atoms with E-state index in [0.717, 1.165) is 22.5 Å². The maximum atomic E-state index is 10.5. The van der Waals surface area contributed by atoms with Gasteiger partial charge in [0.2, 0.25) is 0 Å². The Kier molecular flexibility index (Phi) is 2.77. The van der Waals surface area contributed by atoms with E-state index in [2.05, 4.69) is 10.2 Å². The van der Waals surface area contributed by atoms with Crippen LogP contribution in [0, 0.1) is 18.8 Å². The van der Waals surface area contributed by atoms with Crippen LogP contribution in [0.25, 0.3) is 11.3 Å². The van der Waals surface area contributed by atoms with Crippen LogP contribution in [0.5, 0.6) is 0 Å². The molecule has 1 aromatic heterocycles. The van der Waals surface area contributed by atoms with Gasteiger partial charge in [-0.05, 0) is 48.9 Å². The minimum atomic E-state index is 0.429. The predicted molar refractivity (Wildman–Crippen MR) is 64.6 cm³/mol. The molecule has 0 saturated carbocycles. The van der Waals surface area contributed by atoms with Gasteiger partial charge < -0.3 is 0 Å². The van der Waals surface area contributed by atoms with E-state index in [0.29, 0.717) is 5.69 Å². The summed E-state index contributed by atoms with van der Waals surface area (Å²) in [5, 5.41) is 2.92. The summed E-state index contributed by atoms with van der Waals surface area (Å²) >= 11 is 0. The van der Waals surface area contributed by atoms with Crippen LogP contribution in [0.4, 0.5) is 5.69 Å². The predicted octanol–water partition coefficient (Wildman–Crippen LogP) is 3.76. The van der Waals surface area contributed by atoms with Gasteiger partial charge in [0.25, 0.3) is 0 Å².